The van der Waals surface area contributed by atoms with Crippen molar-refractivity contribution < 1.29 is 13.9 Å². The van der Waals surface area contributed by atoms with E-state index in [0.717, 1.165) is 24.5 Å². The third kappa shape index (κ3) is 2.45. The van der Waals surface area contributed by atoms with Crippen molar-refractivity contribution in [1.29, 1.82) is 0 Å². The van der Waals surface area contributed by atoms with Gasteiger partial charge < -0.3 is 19.6 Å². The van der Waals surface area contributed by atoms with Crippen LogP contribution in [0.15, 0.2) is 16.5 Å². The first kappa shape index (κ1) is 11.6. The van der Waals surface area contributed by atoms with Crippen LogP contribution < -0.4 is 5.73 Å². The Bertz CT molecular complexity index is 337. The summed E-state index contributed by atoms with van der Waals surface area (Å²) in [4.78, 5) is 0. The third-order valence-electron chi connectivity index (χ3n) is 3.03. The summed E-state index contributed by atoms with van der Waals surface area (Å²) in [7, 11) is 1.65. The van der Waals surface area contributed by atoms with Crippen LogP contribution in [0.4, 0.5) is 0 Å². The van der Waals surface area contributed by atoms with Crippen molar-refractivity contribution >= 4 is 0 Å². The summed E-state index contributed by atoms with van der Waals surface area (Å²) in [6.07, 6.45) is 1.31. The van der Waals surface area contributed by atoms with Crippen LogP contribution in [0.1, 0.15) is 30.9 Å². The monoisotopic (exact) mass is 225 g/mol. The number of hydrogen-bond donors (Lipinski definition) is 1. The van der Waals surface area contributed by atoms with Crippen LogP contribution in [0.25, 0.3) is 0 Å². The molecule has 3 atom stereocenters. The first-order chi connectivity index (χ1) is 7.70. The van der Waals surface area contributed by atoms with Crippen LogP contribution in [0.5, 0.6) is 0 Å². The van der Waals surface area contributed by atoms with E-state index in [0.29, 0.717) is 18.6 Å². The van der Waals surface area contributed by atoms with Crippen LogP contribution in [0, 0.1) is 5.92 Å². The highest BCUT2D eigenvalue weighted by Crippen LogP contribution is 2.30. The van der Waals surface area contributed by atoms with E-state index < -0.39 is 0 Å². The fourth-order valence-electron chi connectivity index (χ4n) is 2.13. The SMILES string of the molecule is COCc1ccc(C(N)C2COC(C)C2)o1. The van der Waals surface area contributed by atoms with E-state index in [1.807, 2.05) is 12.1 Å². The lowest BCUT2D eigenvalue weighted by Gasteiger charge is -2.14. The minimum Gasteiger partial charge on any atom is -0.462 e. The summed E-state index contributed by atoms with van der Waals surface area (Å²) < 4.78 is 16.1. The average Bonchev–Trinajstić information content (AvgIpc) is 2.87. The van der Waals surface area contributed by atoms with Crippen molar-refractivity contribution in [3.63, 3.8) is 0 Å². The highest BCUT2D eigenvalue weighted by Gasteiger charge is 2.29. The molecule has 1 fully saturated rings. The van der Waals surface area contributed by atoms with Crippen LogP contribution >= 0.6 is 0 Å². The predicted molar refractivity (Wildman–Crippen MR) is 59.9 cm³/mol. The van der Waals surface area contributed by atoms with Gasteiger partial charge in [0.2, 0.25) is 0 Å². The Balaban J connectivity index is 1.99. The minimum absolute atomic E-state index is 0.0736. The van der Waals surface area contributed by atoms with Crippen LogP contribution in [0.2, 0.25) is 0 Å². The molecule has 1 aromatic heterocycles. The second-order valence-corrected chi connectivity index (χ2v) is 4.40. The van der Waals surface area contributed by atoms with Gasteiger partial charge in [-0.2, -0.15) is 0 Å². The molecule has 2 N–H and O–H groups in total. The summed E-state index contributed by atoms with van der Waals surface area (Å²) in [5.74, 6) is 2.01. The smallest absolute Gasteiger partial charge is 0.129 e. The van der Waals surface area contributed by atoms with Gasteiger partial charge in [0.15, 0.2) is 0 Å². The molecule has 1 aromatic rings. The maximum absolute atomic E-state index is 6.16. The first-order valence-electron chi connectivity index (χ1n) is 5.65. The van der Waals surface area contributed by atoms with Crippen molar-refractivity contribution in [2.45, 2.75) is 32.1 Å². The summed E-state index contributed by atoms with van der Waals surface area (Å²) in [5, 5.41) is 0. The Hall–Kier alpha value is -0.840. The molecular weight excluding hydrogens is 206 g/mol. The minimum atomic E-state index is -0.0736. The molecule has 0 bridgehead atoms. The number of ether oxygens (including phenoxy) is 2. The van der Waals surface area contributed by atoms with Crippen molar-refractivity contribution in [2.24, 2.45) is 11.7 Å². The van der Waals surface area contributed by atoms with E-state index in [1.54, 1.807) is 7.11 Å². The molecule has 3 unspecified atom stereocenters. The Kier molecular flexibility index (Phi) is 3.63. The van der Waals surface area contributed by atoms with Gasteiger partial charge >= 0.3 is 0 Å². The molecule has 0 saturated carbocycles. The molecule has 1 aliphatic rings. The molecule has 0 aliphatic carbocycles. The van der Waals surface area contributed by atoms with E-state index in [9.17, 15) is 0 Å². The molecule has 1 aliphatic heterocycles. The van der Waals surface area contributed by atoms with E-state index in [4.69, 9.17) is 19.6 Å². The molecule has 0 radical (unpaired) electrons. The number of hydrogen-bond acceptors (Lipinski definition) is 4. The second-order valence-electron chi connectivity index (χ2n) is 4.40. The Morgan fingerprint density at radius 2 is 2.38 bits per heavy atom. The normalized spacial score (nSPS) is 27.2. The van der Waals surface area contributed by atoms with Gasteiger partial charge in [-0.15, -0.1) is 0 Å². The topological polar surface area (TPSA) is 57.6 Å². The van der Waals surface area contributed by atoms with Gasteiger partial charge in [-0.1, -0.05) is 0 Å². The third-order valence-corrected chi connectivity index (χ3v) is 3.03. The lowest BCUT2D eigenvalue weighted by molar-refractivity contribution is 0.117. The standard InChI is InChI=1S/C12H19NO3/c1-8-5-9(6-15-8)12(13)11-4-3-10(16-11)7-14-2/h3-4,8-9,12H,5-7,13H2,1-2H3. The zero-order valence-electron chi connectivity index (χ0n) is 9.81. The maximum Gasteiger partial charge on any atom is 0.129 e. The summed E-state index contributed by atoms with van der Waals surface area (Å²) in [6, 6.07) is 3.77. The molecule has 0 amide bonds. The van der Waals surface area contributed by atoms with Gasteiger partial charge in [-0.05, 0) is 25.5 Å². The zero-order valence-corrected chi connectivity index (χ0v) is 9.81. The van der Waals surface area contributed by atoms with E-state index in [1.165, 1.54) is 0 Å². The summed E-state index contributed by atoms with van der Waals surface area (Å²) in [5.41, 5.74) is 6.16. The Labute approximate surface area is 95.7 Å². The highest BCUT2D eigenvalue weighted by molar-refractivity contribution is 5.11. The van der Waals surface area contributed by atoms with Crippen molar-refractivity contribution in [3.05, 3.63) is 23.7 Å². The highest BCUT2D eigenvalue weighted by atomic mass is 16.5. The van der Waals surface area contributed by atoms with Gasteiger partial charge in [0.1, 0.15) is 18.1 Å². The molecular formula is C12H19NO3. The number of methoxy groups -OCH3 is 1. The van der Waals surface area contributed by atoms with Gasteiger partial charge in [0.25, 0.3) is 0 Å². The largest absolute Gasteiger partial charge is 0.462 e. The molecule has 4 nitrogen and oxygen atoms in total. The van der Waals surface area contributed by atoms with Crippen LogP contribution in [0.3, 0.4) is 0 Å². The number of nitrogens with two attached hydrogens (primary N) is 1. The number of furan rings is 1. The zero-order chi connectivity index (χ0) is 11.5. The average molecular weight is 225 g/mol. The molecule has 0 aromatic carbocycles. The van der Waals surface area contributed by atoms with Gasteiger partial charge in [0.05, 0.1) is 18.8 Å². The second kappa shape index (κ2) is 4.99. The van der Waals surface area contributed by atoms with Gasteiger partial charge in [0, 0.05) is 13.0 Å². The fourth-order valence-corrected chi connectivity index (χ4v) is 2.13. The van der Waals surface area contributed by atoms with Crippen molar-refractivity contribution in [1.82, 2.24) is 0 Å². The quantitative estimate of drug-likeness (QED) is 0.849. The van der Waals surface area contributed by atoms with Crippen molar-refractivity contribution in [2.75, 3.05) is 13.7 Å². The maximum atomic E-state index is 6.16. The van der Waals surface area contributed by atoms with Crippen LogP contribution in [-0.2, 0) is 16.1 Å². The fraction of sp³-hybridized carbons (Fsp3) is 0.667. The van der Waals surface area contributed by atoms with E-state index in [-0.39, 0.29) is 6.04 Å². The lowest BCUT2D eigenvalue weighted by Crippen LogP contribution is -2.21. The van der Waals surface area contributed by atoms with Gasteiger partial charge in [-0.3, -0.25) is 0 Å². The summed E-state index contributed by atoms with van der Waals surface area (Å²) >= 11 is 0. The predicted octanol–water partition coefficient (Wildman–Crippen LogP) is 1.85. The van der Waals surface area contributed by atoms with Crippen molar-refractivity contribution in [3.8, 4) is 0 Å². The Morgan fingerprint density at radius 1 is 1.56 bits per heavy atom. The molecule has 1 saturated heterocycles. The number of rotatable bonds is 4. The van der Waals surface area contributed by atoms with E-state index >= 15 is 0 Å². The lowest BCUT2D eigenvalue weighted by atomic mass is 9.96. The summed E-state index contributed by atoms with van der Waals surface area (Å²) in [6.45, 7) is 3.29. The van der Waals surface area contributed by atoms with Crippen LogP contribution in [-0.4, -0.2) is 19.8 Å². The molecule has 16 heavy (non-hydrogen) atoms. The first-order valence-corrected chi connectivity index (χ1v) is 5.65. The molecule has 2 heterocycles. The molecule has 4 heteroatoms. The van der Waals surface area contributed by atoms with E-state index in [2.05, 4.69) is 6.92 Å². The molecule has 90 valence electrons. The Morgan fingerprint density at radius 3 is 3.00 bits per heavy atom. The van der Waals surface area contributed by atoms with Gasteiger partial charge in [-0.25, -0.2) is 0 Å². The molecule has 2 rings (SSSR count). The molecule has 0 spiro atoms.